The van der Waals surface area contributed by atoms with Crippen LogP contribution in [0, 0.1) is 11.8 Å². The van der Waals surface area contributed by atoms with E-state index in [0.717, 1.165) is 11.8 Å². The van der Waals surface area contributed by atoms with E-state index >= 15 is 0 Å². The molecule has 0 radical (unpaired) electrons. The van der Waals surface area contributed by atoms with Gasteiger partial charge in [-0.2, -0.15) is 35.4 Å². The molecule has 0 nitrogen and oxygen atoms in total. The van der Waals surface area contributed by atoms with E-state index in [9.17, 15) is 0 Å². The average Bonchev–Trinajstić information content (AvgIpc) is 3.23. The molecular weight excluding hydrogens is 378 g/mol. The van der Waals surface area contributed by atoms with Crippen molar-refractivity contribution in [3.8, 4) is 0 Å². The minimum absolute atomic E-state index is 0. The molecule has 0 spiro atoms. The molecule has 0 amide bonds. The fraction of sp³-hybridized carbons (Fsp3) is 0.444. The second-order valence-electron chi connectivity index (χ2n) is 5.88. The molecule has 2 aliphatic rings. The third kappa shape index (κ3) is 8.39. The first kappa shape index (κ1) is 21.2. The Kier molecular flexibility index (Phi) is 10.9. The molecule has 0 bridgehead atoms. The Morgan fingerprint density at radius 2 is 0.905 bits per heavy atom. The van der Waals surface area contributed by atoms with E-state index in [1.165, 1.54) is 49.7 Å². The van der Waals surface area contributed by atoms with Crippen molar-refractivity contribution in [3.63, 3.8) is 0 Å². The second kappa shape index (κ2) is 10.8. The van der Waals surface area contributed by atoms with Gasteiger partial charge in [-0.15, -0.1) is 0 Å². The molecule has 2 aromatic rings. The van der Waals surface area contributed by atoms with E-state index in [1.807, 2.05) is 0 Å². The summed E-state index contributed by atoms with van der Waals surface area (Å²) in [5.41, 5.74) is 3.05. The topological polar surface area (TPSA) is 0 Å². The Morgan fingerprint density at radius 1 is 0.619 bits per heavy atom. The van der Waals surface area contributed by atoms with Crippen LogP contribution in [0.4, 0.5) is 0 Å². The van der Waals surface area contributed by atoms with Crippen LogP contribution in [-0.4, -0.2) is 0 Å². The zero-order chi connectivity index (χ0) is 12.2. The van der Waals surface area contributed by atoms with E-state index in [-0.39, 0.29) is 51.0 Å². The predicted molar refractivity (Wildman–Crippen MR) is 76.9 cm³/mol. The van der Waals surface area contributed by atoms with Gasteiger partial charge in [-0.1, -0.05) is 38.5 Å². The van der Waals surface area contributed by atoms with Crippen molar-refractivity contribution < 1.29 is 51.0 Å². The fourth-order valence-electron chi connectivity index (χ4n) is 2.41. The largest absolute Gasteiger partial charge is 4.00 e. The van der Waals surface area contributed by atoms with Crippen LogP contribution in [0.2, 0.25) is 0 Å². The van der Waals surface area contributed by atoms with Crippen molar-refractivity contribution in [2.24, 2.45) is 11.8 Å². The minimum atomic E-state index is 0. The molecule has 0 aromatic heterocycles. The van der Waals surface area contributed by atoms with E-state index in [4.69, 9.17) is 0 Å². The Hall–Kier alpha value is 0.163. The summed E-state index contributed by atoms with van der Waals surface area (Å²) in [4.78, 5) is 0. The summed E-state index contributed by atoms with van der Waals surface area (Å²) in [6.45, 7) is 0. The number of hydrogen-bond donors (Lipinski definition) is 0. The molecular formula is C18H22Cl2Zr. The van der Waals surface area contributed by atoms with Gasteiger partial charge in [0.05, 0.1) is 0 Å². The Morgan fingerprint density at radius 3 is 1.14 bits per heavy atom. The molecule has 0 heterocycles. The fourth-order valence-corrected chi connectivity index (χ4v) is 2.41. The number of rotatable bonds is 4. The van der Waals surface area contributed by atoms with Crippen molar-refractivity contribution >= 4 is 0 Å². The summed E-state index contributed by atoms with van der Waals surface area (Å²) < 4.78 is 0. The summed E-state index contributed by atoms with van der Waals surface area (Å²) in [6, 6.07) is 17.4. The molecule has 2 saturated carbocycles. The van der Waals surface area contributed by atoms with Gasteiger partial charge in [0.25, 0.3) is 0 Å². The average molecular weight is 401 g/mol. The maximum absolute atomic E-state index is 2.22. The number of hydrogen-bond acceptors (Lipinski definition) is 0. The standard InChI is InChI=1S/2C9H11.2ClH.Zr/c2*1-2-4-8(3-1)7-9-5-6-9;;;/h2*1-4,9H,5-7H2;2*1H;/q2*-1;;;+4/p-2. The normalized spacial score (nSPS) is 15.6. The zero-order valence-electron chi connectivity index (χ0n) is 12.3. The van der Waals surface area contributed by atoms with Crippen LogP contribution in [0.15, 0.2) is 48.5 Å². The van der Waals surface area contributed by atoms with Gasteiger partial charge in [-0.25, -0.2) is 24.3 Å². The van der Waals surface area contributed by atoms with Gasteiger partial charge < -0.3 is 24.8 Å². The molecule has 4 rings (SSSR count). The number of halogens is 2. The Balaban J connectivity index is 0.000000333. The van der Waals surface area contributed by atoms with Crippen LogP contribution in [0.3, 0.4) is 0 Å². The van der Waals surface area contributed by atoms with Crippen molar-refractivity contribution in [2.45, 2.75) is 38.5 Å². The van der Waals surface area contributed by atoms with Crippen LogP contribution in [0.5, 0.6) is 0 Å². The van der Waals surface area contributed by atoms with E-state index in [1.54, 1.807) is 0 Å². The van der Waals surface area contributed by atoms with Crippen molar-refractivity contribution in [1.82, 2.24) is 0 Å². The molecule has 0 unspecified atom stereocenters. The summed E-state index contributed by atoms with van der Waals surface area (Å²) in [6.07, 6.45) is 8.51. The van der Waals surface area contributed by atoms with Crippen LogP contribution < -0.4 is 24.8 Å². The monoisotopic (exact) mass is 398 g/mol. The molecule has 3 heteroatoms. The quantitative estimate of drug-likeness (QED) is 0.561. The van der Waals surface area contributed by atoms with E-state index in [2.05, 4.69) is 48.5 Å². The SMILES string of the molecule is [Cl-].[Cl-].[Zr+4].c1cc[c-](CC2CC2)c1.c1cc[c-](CC2CC2)c1. The van der Waals surface area contributed by atoms with Crippen molar-refractivity contribution in [2.75, 3.05) is 0 Å². The van der Waals surface area contributed by atoms with E-state index < -0.39 is 0 Å². The molecule has 21 heavy (non-hydrogen) atoms. The molecule has 2 aromatic carbocycles. The van der Waals surface area contributed by atoms with Crippen molar-refractivity contribution in [3.05, 3.63) is 59.7 Å². The maximum atomic E-state index is 2.22. The van der Waals surface area contributed by atoms with Gasteiger partial charge in [0.2, 0.25) is 0 Å². The van der Waals surface area contributed by atoms with Crippen molar-refractivity contribution in [1.29, 1.82) is 0 Å². The molecule has 2 fully saturated rings. The smallest absolute Gasteiger partial charge is 1.00 e. The first-order valence-electron chi connectivity index (χ1n) is 7.31. The summed E-state index contributed by atoms with van der Waals surface area (Å²) in [5.74, 6) is 2.07. The second-order valence-corrected chi connectivity index (χ2v) is 5.88. The molecule has 0 aliphatic heterocycles. The molecule has 2 aliphatic carbocycles. The first-order chi connectivity index (χ1) is 8.90. The predicted octanol–water partition coefficient (Wildman–Crippen LogP) is -1.28. The molecule has 112 valence electrons. The van der Waals surface area contributed by atoms with Crippen LogP contribution in [0.25, 0.3) is 0 Å². The van der Waals surface area contributed by atoms with Gasteiger partial charge in [-0.3, -0.25) is 0 Å². The Bertz CT molecular complexity index is 395. The van der Waals surface area contributed by atoms with Crippen LogP contribution >= 0.6 is 0 Å². The van der Waals surface area contributed by atoms with Gasteiger partial charge >= 0.3 is 26.2 Å². The molecule has 0 N–H and O–H groups in total. The van der Waals surface area contributed by atoms with Gasteiger partial charge in [0.1, 0.15) is 0 Å². The third-order valence-corrected chi connectivity index (χ3v) is 3.91. The summed E-state index contributed by atoms with van der Waals surface area (Å²) >= 11 is 0. The maximum Gasteiger partial charge on any atom is 4.00 e. The first-order valence-corrected chi connectivity index (χ1v) is 7.31. The summed E-state index contributed by atoms with van der Waals surface area (Å²) in [5, 5.41) is 0. The molecule has 0 atom stereocenters. The minimum Gasteiger partial charge on any atom is -1.00 e. The van der Waals surface area contributed by atoms with Gasteiger partial charge in [0.15, 0.2) is 0 Å². The summed E-state index contributed by atoms with van der Waals surface area (Å²) in [7, 11) is 0. The zero-order valence-corrected chi connectivity index (χ0v) is 16.2. The van der Waals surface area contributed by atoms with Crippen LogP contribution in [-0.2, 0) is 39.0 Å². The van der Waals surface area contributed by atoms with Crippen LogP contribution in [0.1, 0.15) is 36.8 Å². The van der Waals surface area contributed by atoms with Gasteiger partial charge in [0, 0.05) is 0 Å². The van der Waals surface area contributed by atoms with E-state index in [0.29, 0.717) is 0 Å². The van der Waals surface area contributed by atoms with Gasteiger partial charge in [-0.05, 0) is 11.8 Å². The third-order valence-electron chi connectivity index (χ3n) is 3.91. The Labute approximate surface area is 160 Å². The molecule has 0 saturated heterocycles.